The number of nitrogens with one attached hydrogen (secondary N) is 2. The van der Waals surface area contributed by atoms with Crippen LogP contribution in [0.1, 0.15) is 45.6 Å². The Bertz CT molecular complexity index is 497. The highest BCUT2D eigenvalue weighted by atomic mass is 16.1. The van der Waals surface area contributed by atoms with E-state index in [-0.39, 0.29) is 5.91 Å². The number of nitrogens with two attached hydrogens (primary N) is 1. The number of anilines is 3. The van der Waals surface area contributed by atoms with Gasteiger partial charge in [0.25, 0.3) is 0 Å². The predicted molar refractivity (Wildman–Crippen MR) is 85.0 cm³/mol. The van der Waals surface area contributed by atoms with E-state index in [4.69, 9.17) is 5.73 Å². The van der Waals surface area contributed by atoms with Crippen LogP contribution in [0.25, 0.3) is 0 Å². The Morgan fingerprint density at radius 2 is 2.05 bits per heavy atom. The van der Waals surface area contributed by atoms with Crippen molar-refractivity contribution in [3.8, 4) is 0 Å². The summed E-state index contributed by atoms with van der Waals surface area (Å²) in [6, 6.07) is 4.23. The Kier molecular flexibility index (Phi) is 4.53. The number of carbonyl (C=O) groups is 1. The zero-order valence-corrected chi connectivity index (χ0v) is 12.6. The van der Waals surface area contributed by atoms with Crippen molar-refractivity contribution in [1.29, 1.82) is 0 Å². The van der Waals surface area contributed by atoms with Crippen LogP contribution in [0.3, 0.4) is 0 Å². The zero-order chi connectivity index (χ0) is 14.7. The number of nitrogen functional groups attached to an aromatic ring is 1. The lowest BCUT2D eigenvalue weighted by Crippen LogP contribution is -2.16. The van der Waals surface area contributed by atoms with Crippen molar-refractivity contribution in [3.63, 3.8) is 0 Å². The van der Waals surface area contributed by atoms with E-state index in [0.717, 1.165) is 35.0 Å². The molecule has 0 saturated carbocycles. The molecule has 0 saturated heterocycles. The Morgan fingerprint density at radius 1 is 1.30 bits per heavy atom. The van der Waals surface area contributed by atoms with E-state index in [1.807, 2.05) is 12.1 Å². The molecule has 1 amide bonds. The number of carbonyl (C=O) groups excluding carboxylic acids is 1. The van der Waals surface area contributed by atoms with E-state index in [1.165, 1.54) is 12.8 Å². The number of benzene rings is 1. The van der Waals surface area contributed by atoms with E-state index in [1.54, 1.807) is 0 Å². The molecule has 0 fully saturated rings. The van der Waals surface area contributed by atoms with Gasteiger partial charge in [-0.1, -0.05) is 26.7 Å². The van der Waals surface area contributed by atoms with Crippen molar-refractivity contribution in [2.24, 2.45) is 5.92 Å². The summed E-state index contributed by atoms with van der Waals surface area (Å²) < 4.78 is 0. The molecule has 0 aromatic heterocycles. The number of amides is 1. The third-order valence-electron chi connectivity index (χ3n) is 3.72. The highest BCUT2D eigenvalue weighted by Gasteiger charge is 2.19. The fraction of sp³-hybridized carbons (Fsp3) is 0.562. The summed E-state index contributed by atoms with van der Waals surface area (Å²) in [6.45, 7) is 6.67. The largest absolute Gasteiger partial charge is 0.397 e. The molecular formula is C16H25N3O. The van der Waals surface area contributed by atoms with Gasteiger partial charge in [-0.15, -0.1) is 0 Å². The zero-order valence-electron chi connectivity index (χ0n) is 12.6. The molecule has 0 bridgehead atoms. The Balaban J connectivity index is 1.96. The van der Waals surface area contributed by atoms with Crippen LogP contribution < -0.4 is 16.4 Å². The maximum absolute atomic E-state index is 11.4. The topological polar surface area (TPSA) is 67.1 Å². The van der Waals surface area contributed by atoms with Gasteiger partial charge >= 0.3 is 0 Å². The SMILES string of the molecule is CC(C)CCCC(C)Nc1cc2c(cc1N)CC(=O)N2. The third kappa shape index (κ3) is 3.65. The van der Waals surface area contributed by atoms with Crippen molar-refractivity contribution < 1.29 is 4.79 Å². The third-order valence-corrected chi connectivity index (χ3v) is 3.72. The van der Waals surface area contributed by atoms with Gasteiger partial charge in [0.05, 0.1) is 17.8 Å². The summed E-state index contributed by atoms with van der Waals surface area (Å²) in [7, 11) is 0. The average Bonchev–Trinajstić information content (AvgIpc) is 2.68. The maximum atomic E-state index is 11.4. The van der Waals surface area contributed by atoms with Crippen molar-refractivity contribution in [2.75, 3.05) is 16.4 Å². The molecule has 0 spiro atoms. The lowest BCUT2D eigenvalue weighted by atomic mass is 10.0. The maximum Gasteiger partial charge on any atom is 0.228 e. The quantitative estimate of drug-likeness (QED) is 0.697. The molecule has 20 heavy (non-hydrogen) atoms. The molecule has 1 aliphatic rings. The lowest BCUT2D eigenvalue weighted by molar-refractivity contribution is -0.115. The molecule has 1 unspecified atom stereocenters. The minimum atomic E-state index is 0.0431. The van der Waals surface area contributed by atoms with Gasteiger partial charge in [0.2, 0.25) is 5.91 Å². The second-order valence-electron chi connectivity index (χ2n) is 6.19. The summed E-state index contributed by atoms with van der Waals surface area (Å²) in [5.74, 6) is 0.795. The van der Waals surface area contributed by atoms with Crippen molar-refractivity contribution in [3.05, 3.63) is 17.7 Å². The van der Waals surface area contributed by atoms with Crippen LogP contribution in [-0.4, -0.2) is 11.9 Å². The molecule has 0 radical (unpaired) electrons. The summed E-state index contributed by atoms with van der Waals surface area (Å²) in [5.41, 5.74) is 9.58. The van der Waals surface area contributed by atoms with Crippen LogP contribution >= 0.6 is 0 Å². The average molecular weight is 275 g/mol. The second-order valence-corrected chi connectivity index (χ2v) is 6.19. The van der Waals surface area contributed by atoms with Gasteiger partial charge in [-0.2, -0.15) is 0 Å². The second kappa shape index (κ2) is 6.16. The van der Waals surface area contributed by atoms with Crippen LogP contribution in [0.2, 0.25) is 0 Å². The molecule has 4 nitrogen and oxygen atoms in total. The standard InChI is InChI=1S/C16H25N3O/c1-10(2)5-4-6-11(3)18-15-9-14-12(7-13(15)17)8-16(20)19-14/h7,9-11,18H,4-6,8,17H2,1-3H3,(H,19,20). The molecule has 110 valence electrons. The highest BCUT2D eigenvalue weighted by molar-refractivity contribution is 6.00. The minimum absolute atomic E-state index is 0.0431. The summed E-state index contributed by atoms with van der Waals surface area (Å²) >= 11 is 0. The van der Waals surface area contributed by atoms with Gasteiger partial charge in [0.15, 0.2) is 0 Å². The van der Waals surface area contributed by atoms with Crippen molar-refractivity contribution in [1.82, 2.24) is 0 Å². The van der Waals surface area contributed by atoms with Gasteiger partial charge in [-0.05, 0) is 37.0 Å². The normalized spacial score (nSPS) is 15.1. The molecule has 4 N–H and O–H groups in total. The fourth-order valence-electron chi connectivity index (χ4n) is 2.59. The van der Waals surface area contributed by atoms with E-state index < -0.39 is 0 Å². The van der Waals surface area contributed by atoms with Crippen LogP contribution in [0.5, 0.6) is 0 Å². The fourth-order valence-corrected chi connectivity index (χ4v) is 2.59. The smallest absolute Gasteiger partial charge is 0.228 e. The molecule has 1 heterocycles. The first kappa shape index (κ1) is 14.7. The first-order valence-electron chi connectivity index (χ1n) is 7.44. The first-order chi connectivity index (χ1) is 9.45. The van der Waals surface area contributed by atoms with E-state index in [9.17, 15) is 4.79 Å². The molecule has 1 aromatic carbocycles. The number of fused-ring (bicyclic) bond motifs is 1. The molecule has 2 rings (SSSR count). The number of rotatable bonds is 6. The van der Waals surface area contributed by atoms with Crippen LogP contribution in [0.15, 0.2) is 12.1 Å². The first-order valence-corrected chi connectivity index (χ1v) is 7.44. The van der Waals surface area contributed by atoms with E-state index >= 15 is 0 Å². The summed E-state index contributed by atoms with van der Waals surface area (Å²) in [6.07, 6.45) is 4.03. The highest BCUT2D eigenvalue weighted by Crippen LogP contribution is 2.32. The van der Waals surface area contributed by atoms with Crippen LogP contribution in [-0.2, 0) is 11.2 Å². The number of hydrogen-bond acceptors (Lipinski definition) is 3. The van der Waals surface area contributed by atoms with Crippen molar-refractivity contribution >= 4 is 23.0 Å². The van der Waals surface area contributed by atoms with E-state index in [0.29, 0.717) is 12.5 Å². The van der Waals surface area contributed by atoms with Crippen LogP contribution in [0.4, 0.5) is 17.1 Å². The predicted octanol–water partition coefficient (Wildman–Crippen LogP) is 3.39. The Morgan fingerprint density at radius 3 is 2.75 bits per heavy atom. The Labute approximate surface area is 121 Å². The lowest BCUT2D eigenvalue weighted by Gasteiger charge is -2.18. The van der Waals surface area contributed by atoms with Gasteiger partial charge < -0.3 is 16.4 Å². The molecule has 1 atom stereocenters. The summed E-state index contributed by atoms with van der Waals surface area (Å²) in [4.78, 5) is 11.4. The molecular weight excluding hydrogens is 250 g/mol. The molecule has 1 aliphatic heterocycles. The molecule has 1 aromatic rings. The summed E-state index contributed by atoms with van der Waals surface area (Å²) in [5, 5.41) is 6.31. The number of hydrogen-bond donors (Lipinski definition) is 3. The van der Waals surface area contributed by atoms with Gasteiger partial charge in [0, 0.05) is 11.7 Å². The van der Waals surface area contributed by atoms with Gasteiger partial charge in [0.1, 0.15) is 0 Å². The van der Waals surface area contributed by atoms with Gasteiger partial charge in [-0.3, -0.25) is 4.79 Å². The molecule has 0 aliphatic carbocycles. The monoisotopic (exact) mass is 275 g/mol. The van der Waals surface area contributed by atoms with Crippen molar-refractivity contribution in [2.45, 2.75) is 52.5 Å². The minimum Gasteiger partial charge on any atom is -0.397 e. The van der Waals surface area contributed by atoms with Gasteiger partial charge in [-0.25, -0.2) is 0 Å². The Hall–Kier alpha value is -1.71. The molecule has 4 heteroatoms. The van der Waals surface area contributed by atoms with Crippen LogP contribution in [0, 0.1) is 5.92 Å². The van der Waals surface area contributed by atoms with E-state index in [2.05, 4.69) is 31.4 Å².